The van der Waals surface area contributed by atoms with E-state index < -0.39 is 23.8 Å². The highest BCUT2D eigenvalue weighted by molar-refractivity contribution is 6.15. The van der Waals surface area contributed by atoms with E-state index in [1.165, 1.54) is 14.2 Å². The minimum absolute atomic E-state index is 0.180. The molecule has 0 aliphatic rings. The van der Waals surface area contributed by atoms with Gasteiger partial charge in [-0.1, -0.05) is 12.1 Å². The Kier molecular flexibility index (Phi) is 8.99. The molecule has 10 nitrogen and oxygen atoms in total. The van der Waals surface area contributed by atoms with Crippen molar-refractivity contribution in [2.75, 3.05) is 38.1 Å². The van der Waals surface area contributed by atoms with Crippen LogP contribution in [0.2, 0.25) is 0 Å². The summed E-state index contributed by atoms with van der Waals surface area (Å²) in [4.78, 5) is 48.1. The molecule has 3 aromatic carbocycles. The maximum Gasteiger partial charge on any atom is 0.343 e. The second kappa shape index (κ2) is 12.6. The summed E-state index contributed by atoms with van der Waals surface area (Å²) in [6.45, 7) is -0.456. The molecule has 0 spiro atoms. The number of amides is 2. The van der Waals surface area contributed by atoms with Crippen LogP contribution in [0.5, 0.6) is 11.5 Å². The number of anilines is 2. The van der Waals surface area contributed by atoms with Crippen molar-refractivity contribution in [3.63, 3.8) is 0 Å². The molecule has 10 heteroatoms. The van der Waals surface area contributed by atoms with Gasteiger partial charge in [0.15, 0.2) is 13.2 Å². The SMILES string of the molecule is COC(=O)COc1ccc(NC(=O)c2ccccc2C(=O)Nc2ccc(OCC(=O)OC)cc2)cc1. The van der Waals surface area contributed by atoms with Crippen LogP contribution in [-0.2, 0) is 19.1 Å². The van der Waals surface area contributed by atoms with Crippen molar-refractivity contribution in [1.29, 1.82) is 0 Å². The van der Waals surface area contributed by atoms with E-state index in [9.17, 15) is 19.2 Å². The summed E-state index contributed by atoms with van der Waals surface area (Å²) in [7, 11) is 2.53. The molecule has 0 aromatic heterocycles. The predicted molar refractivity (Wildman–Crippen MR) is 130 cm³/mol. The standard InChI is InChI=1S/C26H24N2O8/c1-33-23(29)15-35-19-11-7-17(8-12-19)27-25(31)21-5-3-4-6-22(21)26(32)28-18-9-13-20(14-10-18)36-16-24(30)34-2/h3-14H,15-16H2,1-2H3,(H,27,31)(H,28,32). The lowest BCUT2D eigenvalue weighted by Crippen LogP contribution is -2.20. The molecule has 0 unspecified atom stereocenters. The third kappa shape index (κ3) is 7.32. The van der Waals surface area contributed by atoms with Gasteiger partial charge in [0, 0.05) is 11.4 Å². The Morgan fingerprint density at radius 3 is 1.28 bits per heavy atom. The number of carbonyl (C=O) groups is 4. The van der Waals surface area contributed by atoms with Crippen LogP contribution < -0.4 is 20.1 Å². The smallest absolute Gasteiger partial charge is 0.343 e. The number of rotatable bonds is 10. The van der Waals surface area contributed by atoms with Gasteiger partial charge in [-0.05, 0) is 60.7 Å². The Labute approximate surface area is 207 Å². The summed E-state index contributed by atoms with van der Waals surface area (Å²) < 4.78 is 19.6. The fourth-order valence-electron chi connectivity index (χ4n) is 2.95. The van der Waals surface area contributed by atoms with Crippen LogP contribution in [0, 0.1) is 0 Å². The van der Waals surface area contributed by atoms with Gasteiger partial charge in [-0.2, -0.15) is 0 Å². The molecule has 0 aliphatic heterocycles. The molecular weight excluding hydrogens is 468 g/mol. The first-order valence-corrected chi connectivity index (χ1v) is 10.7. The molecular formula is C26H24N2O8. The van der Waals surface area contributed by atoms with E-state index in [0.717, 1.165) is 0 Å². The maximum absolute atomic E-state index is 12.9. The molecule has 0 radical (unpaired) electrons. The molecule has 0 fully saturated rings. The zero-order valence-corrected chi connectivity index (χ0v) is 19.6. The van der Waals surface area contributed by atoms with Gasteiger partial charge < -0.3 is 29.6 Å². The molecule has 0 atom stereocenters. The minimum atomic E-state index is -0.509. The Balaban J connectivity index is 1.63. The second-order valence-electron chi connectivity index (χ2n) is 7.23. The van der Waals surface area contributed by atoms with E-state index in [0.29, 0.717) is 22.9 Å². The summed E-state index contributed by atoms with van der Waals surface area (Å²) in [6, 6.07) is 19.2. The lowest BCUT2D eigenvalue weighted by atomic mass is 10.1. The Morgan fingerprint density at radius 1 is 0.583 bits per heavy atom. The number of hydrogen-bond acceptors (Lipinski definition) is 8. The topological polar surface area (TPSA) is 129 Å². The zero-order valence-electron chi connectivity index (χ0n) is 19.6. The molecule has 0 heterocycles. The Bertz CT molecular complexity index is 1130. The van der Waals surface area contributed by atoms with Crippen LogP contribution in [0.1, 0.15) is 20.7 Å². The predicted octanol–water partition coefficient (Wildman–Crippen LogP) is 3.29. The monoisotopic (exact) mass is 492 g/mol. The number of methoxy groups -OCH3 is 2. The lowest BCUT2D eigenvalue weighted by molar-refractivity contribution is -0.143. The van der Waals surface area contributed by atoms with Crippen LogP contribution in [0.25, 0.3) is 0 Å². The first-order chi connectivity index (χ1) is 17.4. The van der Waals surface area contributed by atoms with Gasteiger partial charge in [0.2, 0.25) is 0 Å². The molecule has 36 heavy (non-hydrogen) atoms. The molecule has 0 saturated heterocycles. The molecule has 3 rings (SSSR count). The molecule has 0 bridgehead atoms. The van der Waals surface area contributed by atoms with E-state index in [-0.39, 0.29) is 24.3 Å². The van der Waals surface area contributed by atoms with Crippen LogP contribution in [0.3, 0.4) is 0 Å². The van der Waals surface area contributed by atoms with Crippen molar-refractivity contribution in [3.8, 4) is 11.5 Å². The zero-order chi connectivity index (χ0) is 25.9. The first-order valence-electron chi connectivity index (χ1n) is 10.7. The van der Waals surface area contributed by atoms with E-state index in [1.54, 1.807) is 72.8 Å². The Hall–Kier alpha value is -4.86. The molecule has 186 valence electrons. The molecule has 3 aromatic rings. The average Bonchev–Trinajstić information content (AvgIpc) is 2.91. The van der Waals surface area contributed by atoms with Gasteiger partial charge in [0.25, 0.3) is 11.8 Å². The first kappa shape index (κ1) is 25.8. The third-order valence-electron chi connectivity index (χ3n) is 4.81. The van der Waals surface area contributed by atoms with Gasteiger partial charge in [-0.25, -0.2) is 9.59 Å². The third-order valence-corrected chi connectivity index (χ3v) is 4.81. The Morgan fingerprint density at radius 2 is 0.944 bits per heavy atom. The van der Waals surface area contributed by atoms with Gasteiger partial charge >= 0.3 is 11.9 Å². The lowest BCUT2D eigenvalue weighted by Gasteiger charge is -2.12. The number of benzene rings is 3. The van der Waals surface area contributed by atoms with Crippen molar-refractivity contribution >= 4 is 35.1 Å². The van der Waals surface area contributed by atoms with Crippen LogP contribution in [0.15, 0.2) is 72.8 Å². The summed E-state index contributed by atoms with van der Waals surface area (Å²) in [5, 5.41) is 5.47. The molecule has 0 aliphatic carbocycles. The summed E-state index contributed by atoms with van der Waals surface area (Å²) in [5.74, 6) is -1.11. The average molecular weight is 492 g/mol. The van der Waals surface area contributed by atoms with Crippen LogP contribution in [0.4, 0.5) is 11.4 Å². The van der Waals surface area contributed by atoms with Crippen molar-refractivity contribution in [3.05, 3.63) is 83.9 Å². The van der Waals surface area contributed by atoms with E-state index >= 15 is 0 Å². The maximum atomic E-state index is 12.9. The molecule has 2 N–H and O–H groups in total. The van der Waals surface area contributed by atoms with Crippen LogP contribution >= 0.6 is 0 Å². The summed E-state index contributed by atoms with van der Waals surface area (Å²) in [5.41, 5.74) is 1.31. The fraction of sp³-hybridized carbons (Fsp3) is 0.154. The van der Waals surface area contributed by atoms with Crippen molar-refractivity contribution in [2.24, 2.45) is 0 Å². The van der Waals surface area contributed by atoms with Gasteiger partial charge in [0.05, 0.1) is 25.3 Å². The largest absolute Gasteiger partial charge is 0.482 e. The van der Waals surface area contributed by atoms with Gasteiger partial charge in [-0.3, -0.25) is 9.59 Å². The van der Waals surface area contributed by atoms with E-state index in [4.69, 9.17) is 9.47 Å². The number of ether oxygens (including phenoxy) is 4. The number of carbonyl (C=O) groups excluding carboxylic acids is 4. The summed E-state index contributed by atoms with van der Waals surface area (Å²) in [6.07, 6.45) is 0. The number of esters is 2. The molecule has 2 amide bonds. The fourth-order valence-corrected chi connectivity index (χ4v) is 2.95. The summed E-state index contributed by atoms with van der Waals surface area (Å²) >= 11 is 0. The number of nitrogens with one attached hydrogen (secondary N) is 2. The number of hydrogen-bond donors (Lipinski definition) is 2. The quantitative estimate of drug-likeness (QED) is 0.413. The van der Waals surface area contributed by atoms with E-state index in [2.05, 4.69) is 20.1 Å². The second-order valence-corrected chi connectivity index (χ2v) is 7.23. The van der Waals surface area contributed by atoms with E-state index in [1.807, 2.05) is 0 Å². The van der Waals surface area contributed by atoms with Gasteiger partial charge in [0.1, 0.15) is 11.5 Å². The highest BCUT2D eigenvalue weighted by Crippen LogP contribution is 2.20. The van der Waals surface area contributed by atoms with Crippen LogP contribution in [-0.4, -0.2) is 51.2 Å². The normalized spacial score (nSPS) is 10.1. The highest BCUT2D eigenvalue weighted by Gasteiger charge is 2.17. The van der Waals surface area contributed by atoms with Crippen molar-refractivity contribution < 1.29 is 38.1 Å². The molecule has 0 saturated carbocycles. The van der Waals surface area contributed by atoms with Crippen molar-refractivity contribution in [1.82, 2.24) is 0 Å². The van der Waals surface area contributed by atoms with Crippen molar-refractivity contribution in [2.45, 2.75) is 0 Å². The highest BCUT2D eigenvalue weighted by atomic mass is 16.6. The minimum Gasteiger partial charge on any atom is -0.482 e. The van der Waals surface area contributed by atoms with Gasteiger partial charge in [-0.15, -0.1) is 0 Å².